The van der Waals surface area contributed by atoms with E-state index in [9.17, 15) is 14.4 Å². The lowest BCUT2D eigenvalue weighted by Crippen LogP contribution is -2.68. The fourth-order valence-corrected chi connectivity index (χ4v) is 4.21. The maximum absolute atomic E-state index is 13.7. The number of nitrogens with zero attached hydrogens (tertiary/aromatic N) is 2. The highest BCUT2D eigenvalue weighted by Crippen LogP contribution is 2.42. The molecule has 29 heavy (non-hydrogen) atoms. The zero-order valence-corrected chi connectivity index (χ0v) is 16.7. The van der Waals surface area contributed by atoms with E-state index >= 15 is 0 Å². The third-order valence-corrected chi connectivity index (χ3v) is 5.52. The van der Waals surface area contributed by atoms with Crippen molar-refractivity contribution in [3.63, 3.8) is 0 Å². The highest BCUT2D eigenvalue weighted by Gasteiger charge is 2.57. The van der Waals surface area contributed by atoms with Crippen LogP contribution in [0.3, 0.4) is 0 Å². The number of hydrogen-bond donors (Lipinski definition) is 1. The Bertz CT molecular complexity index is 1020. The van der Waals surface area contributed by atoms with Crippen molar-refractivity contribution in [1.82, 2.24) is 5.32 Å². The third-order valence-electron chi connectivity index (χ3n) is 5.52. The molecule has 2 heterocycles. The van der Waals surface area contributed by atoms with Gasteiger partial charge in [0, 0.05) is 19.3 Å². The second-order valence-electron chi connectivity index (χ2n) is 7.55. The molecule has 0 saturated carbocycles. The Balaban J connectivity index is 1.81. The van der Waals surface area contributed by atoms with Crippen molar-refractivity contribution < 1.29 is 19.1 Å². The van der Waals surface area contributed by atoms with Crippen molar-refractivity contribution in [2.45, 2.75) is 20.3 Å². The zero-order valence-electron chi connectivity index (χ0n) is 16.7. The molecule has 1 N–H and O–H groups in total. The van der Waals surface area contributed by atoms with E-state index in [0.717, 1.165) is 21.7 Å². The van der Waals surface area contributed by atoms with Gasteiger partial charge in [0.05, 0.1) is 12.3 Å². The summed E-state index contributed by atoms with van der Waals surface area (Å²) in [6.07, 6.45) is 0.236. The molecule has 7 nitrogen and oxygen atoms in total. The molecule has 4 rings (SSSR count). The molecule has 2 aromatic carbocycles. The van der Waals surface area contributed by atoms with Crippen LogP contribution in [0.2, 0.25) is 0 Å². The minimum absolute atomic E-state index is 0.189. The number of ether oxygens (including phenoxy) is 1. The van der Waals surface area contributed by atoms with Crippen LogP contribution >= 0.6 is 0 Å². The lowest BCUT2D eigenvalue weighted by Gasteiger charge is -2.45. The number of amides is 4. The van der Waals surface area contributed by atoms with Crippen LogP contribution in [0.15, 0.2) is 42.5 Å². The summed E-state index contributed by atoms with van der Waals surface area (Å²) in [7, 11) is 1.85. The Kier molecular flexibility index (Phi) is 4.53. The quantitative estimate of drug-likeness (QED) is 0.811. The van der Waals surface area contributed by atoms with Crippen molar-refractivity contribution in [1.29, 1.82) is 0 Å². The smallest absolute Gasteiger partial charge is 0.335 e. The highest BCUT2D eigenvalue weighted by molar-refractivity contribution is 6.30. The van der Waals surface area contributed by atoms with Gasteiger partial charge in [-0.3, -0.25) is 14.9 Å². The van der Waals surface area contributed by atoms with Gasteiger partial charge in [-0.05, 0) is 44.0 Å². The molecule has 2 aliphatic rings. The van der Waals surface area contributed by atoms with Gasteiger partial charge in [-0.15, -0.1) is 0 Å². The normalized spacial score (nSPS) is 21.3. The average Bonchev–Trinajstić information content (AvgIpc) is 2.68. The molecule has 150 valence electrons. The Morgan fingerprint density at radius 3 is 2.62 bits per heavy atom. The van der Waals surface area contributed by atoms with E-state index in [0.29, 0.717) is 18.0 Å². The fraction of sp³-hybridized carbons (Fsp3) is 0.318. The van der Waals surface area contributed by atoms with Gasteiger partial charge in [0.25, 0.3) is 5.91 Å². The number of carbonyl (C=O) groups is 3. The first-order valence-electron chi connectivity index (χ1n) is 9.60. The molecule has 7 heteroatoms. The number of carbonyl (C=O) groups excluding carboxylic acids is 3. The van der Waals surface area contributed by atoms with E-state index < -0.39 is 23.3 Å². The van der Waals surface area contributed by atoms with Crippen molar-refractivity contribution in [2.24, 2.45) is 5.41 Å². The Hall–Kier alpha value is -3.35. The monoisotopic (exact) mass is 393 g/mol. The van der Waals surface area contributed by atoms with Crippen molar-refractivity contribution >= 4 is 29.2 Å². The van der Waals surface area contributed by atoms with Gasteiger partial charge in [-0.1, -0.05) is 29.8 Å². The van der Waals surface area contributed by atoms with Crippen LogP contribution in [0.5, 0.6) is 5.75 Å². The van der Waals surface area contributed by atoms with E-state index in [1.54, 1.807) is 24.3 Å². The second kappa shape index (κ2) is 6.92. The second-order valence-corrected chi connectivity index (χ2v) is 7.55. The minimum atomic E-state index is -1.39. The van der Waals surface area contributed by atoms with E-state index in [1.165, 1.54) is 0 Å². The van der Waals surface area contributed by atoms with Crippen LogP contribution in [0, 0.1) is 12.3 Å². The van der Waals surface area contributed by atoms with Crippen LogP contribution in [0.1, 0.15) is 18.1 Å². The summed E-state index contributed by atoms with van der Waals surface area (Å²) in [5.74, 6) is -0.669. The first kappa shape index (κ1) is 19.0. The number of anilines is 2. The molecular weight excluding hydrogens is 370 g/mol. The van der Waals surface area contributed by atoms with Gasteiger partial charge in [-0.2, -0.15) is 0 Å². The number of hydrogen-bond acceptors (Lipinski definition) is 5. The van der Waals surface area contributed by atoms with Crippen LogP contribution in [0.4, 0.5) is 16.2 Å². The van der Waals surface area contributed by atoms with E-state index in [-0.39, 0.29) is 13.0 Å². The molecule has 0 radical (unpaired) electrons. The first-order chi connectivity index (χ1) is 13.9. The molecule has 0 unspecified atom stereocenters. The minimum Gasteiger partial charge on any atom is -0.492 e. The van der Waals surface area contributed by atoms with Gasteiger partial charge in [0.1, 0.15) is 5.75 Å². The number of barbiturate groups is 1. The van der Waals surface area contributed by atoms with Gasteiger partial charge < -0.3 is 9.64 Å². The van der Waals surface area contributed by atoms with E-state index in [1.807, 2.05) is 44.0 Å². The SMILES string of the molecule is CCOc1ccccc1N1C(=O)NC(=O)[C@]2(Cc3cc(C)ccc3N(C)C2)C1=O. The number of aryl methyl sites for hydroxylation is 1. The molecule has 2 aromatic rings. The van der Waals surface area contributed by atoms with Gasteiger partial charge in [-0.25, -0.2) is 9.69 Å². The predicted octanol–water partition coefficient (Wildman–Crippen LogP) is 2.66. The summed E-state index contributed by atoms with van der Waals surface area (Å²) >= 11 is 0. The molecule has 0 aliphatic carbocycles. The maximum atomic E-state index is 13.7. The van der Waals surface area contributed by atoms with Crippen LogP contribution < -0.4 is 19.9 Å². The van der Waals surface area contributed by atoms with Gasteiger partial charge in [0.15, 0.2) is 5.41 Å². The summed E-state index contributed by atoms with van der Waals surface area (Å²) in [4.78, 5) is 42.3. The van der Waals surface area contributed by atoms with Gasteiger partial charge in [0.2, 0.25) is 5.91 Å². The number of nitrogens with one attached hydrogen (secondary N) is 1. The first-order valence-corrected chi connectivity index (χ1v) is 9.60. The summed E-state index contributed by atoms with van der Waals surface area (Å²) in [5, 5.41) is 2.40. The van der Waals surface area contributed by atoms with Gasteiger partial charge >= 0.3 is 6.03 Å². The summed E-state index contributed by atoms with van der Waals surface area (Å²) in [5.41, 5.74) is 1.89. The van der Waals surface area contributed by atoms with Crippen molar-refractivity contribution in [3.05, 3.63) is 53.6 Å². The van der Waals surface area contributed by atoms with Crippen LogP contribution in [-0.2, 0) is 16.0 Å². The summed E-state index contributed by atoms with van der Waals surface area (Å²) in [6.45, 7) is 4.38. The average molecular weight is 393 g/mol. The summed E-state index contributed by atoms with van der Waals surface area (Å²) < 4.78 is 5.61. The molecule has 1 atom stereocenters. The number of urea groups is 1. The molecule has 1 fully saturated rings. The Morgan fingerprint density at radius 1 is 1.10 bits per heavy atom. The lowest BCUT2D eigenvalue weighted by atomic mass is 9.74. The molecule has 1 spiro atoms. The number of rotatable bonds is 3. The molecule has 0 bridgehead atoms. The number of para-hydroxylation sites is 2. The molecule has 4 amide bonds. The third kappa shape index (κ3) is 2.93. The highest BCUT2D eigenvalue weighted by atomic mass is 16.5. The largest absolute Gasteiger partial charge is 0.492 e. The molecule has 0 aromatic heterocycles. The topological polar surface area (TPSA) is 79.0 Å². The Morgan fingerprint density at radius 2 is 1.86 bits per heavy atom. The van der Waals surface area contributed by atoms with Crippen LogP contribution in [0.25, 0.3) is 0 Å². The molecule has 1 saturated heterocycles. The van der Waals surface area contributed by atoms with Crippen molar-refractivity contribution in [2.75, 3.05) is 30.0 Å². The molecule has 2 aliphatic heterocycles. The summed E-state index contributed by atoms with van der Waals surface area (Å²) in [6, 6.07) is 12.1. The van der Waals surface area contributed by atoms with Crippen LogP contribution in [-0.4, -0.2) is 38.0 Å². The fourth-order valence-electron chi connectivity index (χ4n) is 4.21. The molecular formula is C22H23N3O4. The Labute approximate surface area is 169 Å². The lowest BCUT2D eigenvalue weighted by molar-refractivity contribution is -0.142. The predicted molar refractivity (Wildman–Crippen MR) is 109 cm³/mol. The standard InChI is InChI=1S/C22H23N3O4/c1-4-29-18-8-6-5-7-17(18)25-20(27)22(19(26)23-21(25)28)12-15-11-14(2)9-10-16(15)24(3)13-22/h5-11H,4,12-13H2,1-3H3,(H,23,26,28)/t22-/m1/s1. The van der Waals surface area contributed by atoms with E-state index in [2.05, 4.69) is 5.32 Å². The number of benzene rings is 2. The maximum Gasteiger partial charge on any atom is 0.335 e. The number of fused-ring (bicyclic) bond motifs is 1. The zero-order chi connectivity index (χ0) is 20.8. The van der Waals surface area contributed by atoms with Crippen molar-refractivity contribution in [3.8, 4) is 5.75 Å². The number of imide groups is 2. The van der Waals surface area contributed by atoms with E-state index in [4.69, 9.17) is 4.74 Å².